The zero-order valence-electron chi connectivity index (χ0n) is 13.8. The molecule has 0 spiro atoms. The van der Waals surface area contributed by atoms with Crippen LogP contribution >= 0.6 is 23.2 Å². The molecule has 1 atom stereocenters. The molecule has 0 aromatic heterocycles. The number of carbonyl (C=O) groups is 3. The number of halogens is 2. The van der Waals surface area contributed by atoms with Crippen molar-refractivity contribution in [3.8, 4) is 0 Å². The van der Waals surface area contributed by atoms with E-state index in [0.29, 0.717) is 21.3 Å². The minimum Gasteiger partial charge on any atom is -0.454 e. The highest BCUT2D eigenvalue weighted by Crippen LogP contribution is 2.13. The summed E-state index contributed by atoms with van der Waals surface area (Å²) in [7, 11) is 0. The van der Waals surface area contributed by atoms with E-state index in [1.165, 1.54) is 19.1 Å². The van der Waals surface area contributed by atoms with Gasteiger partial charge in [-0.1, -0.05) is 23.2 Å². The summed E-state index contributed by atoms with van der Waals surface area (Å²) in [5.41, 5.74) is 0.883. The number of nitrogens with one attached hydrogen (secondary N) is 2. The summed E-state index contributed by atoms with van der Waals surface area (Å²) < 4.78 is 4.90. The first-order valence-corrected chi connectivity index (χ1v) is 8.39. The van der Waals surface area contributed by atoms with Gasteiger partial charge in [0.1, 0.15) is 6.04 Å². The van der Waals surface area contributed by atoms with Crippen LogP contribution < -0.4 is 10.6 Å². The fourth-order valence-electron chi connectivity index (χ4n) is 1.93. The number of rotatable bonds is 6. The average molecular weight is 395 g/mol. The van der Waals surface area contributed by atoms with E-state index in [1.807, 2.05) is 0 Å². The fourth-order valence-corrected chi connectivity index (χ4v) is 2.18. The van der Waals surface area contributed by atoms with Gasteiger partial charge in [0.25, 0.3) is 11.8 Å². The minimum atomic E-state index is -0.915. The van der Waals surface area contributed by atoms with Crippen LogP contribution in [0.15, 0.2) is 48.5 Å². The highest BCUT2D eigenvalue weighted by molar-refractivity contribution is 6.31. The van der Waals surface area contributed by atoms with E-state index in [1.54, 1.807) is 36.4 Å². The van der Waals surface area contributed by atoms with Gasteiger partial charge in [-0.15, -0.1) is 0 Å². The summed E-state index contributed by atoms with van der Waals surface area (Å²) in [6.45, 7) is 0.996. The molecule has 2 N–H and O–H groups in total. The zero-order chi connectivity index (χ0) is 19.1. The quantitative estimate of drug-likeness (QED) is 0.736. The number of hydrogen-bond acceptors (Lipinski definition) is 4. The summed E-state index contributed by atoms with van der Waals surface area (Å²) in [5, 5.41) is 6.09. The topological polar surface area (TPSA) is 84.5 Å². The van der Waals surface area contributed by atoms with Gasteiger partial charge in [-0.25, -0.2) is 4.79 Å². The van der Waals surface area contributed by atoms with Gasteiger partial charge in [0.2, 0.25) is 0 Å². The van der Waals surface area contributed by atoms with Crippen LogP contribution in [0.4, 0.5) is 5.69 Å². The van der Waals surface area contributed by atoms with Crippen LogP contribution in [0.1, 0.15) is 17.3 Å². The van der Waals surface area contributed by atoms with E-state index < -0.39 is 30.4 Å². The van der Waals surface area contributed by atoms with Crippen molar-refractivity contribution in [3.63, 3.8) is 0 Å². The average Bonchev–Trinajstić information content (AvgIpc) is 2.62. The van der Waals surface area contributed by atoms with E-state index in [0.717, 1.165) is 0 Å². The zero-order valence-corrected chi connectivity index (χ0v) is 15.3. The van der Waals surface area contributed by atoms with Crippen LogP contribution in [0.2, 0.25) is 10.0 Å². The molecule has 26 heavy (non-hydrogen) atoms. The summed E-state index contributed by atoms with van der Waals surface area (Å²) in [6, 6.07) is 11.8. The van der Waals surface area contributed by atoms with Crippen molar-refractivity contribution in [2.45, 2.75) is 13.0 Å². The van der Waals surface area contributed by atoms with Gasteiger partial charge in [0.05, 0.1) is 0 Å². The molecule has 0 saturated heterocycles. The molecule has 2 rings (SSSR count). The second-order valence-corrected chi connectivity index (χ2v) is 6.24. The summed E-state index contributed by atoms with van der Waals surface area (Å²) >= 11 is 11.5. The third-order valence-electron chi connectivity index (χ3n) is 3.28. The van der Waals surface area contributed by atoms with E-state index in [-0.39, 0.29) is 0 Å². The molecular formula is C18H16Cl2N2O4. The lowest BCUT2D eigenvalue weighted by atomic mass is 10.2. The third-order valence-corrected chi connectivity index (χ3v) is 3.79. The highest BCUT2D eigenvalue weighted by Gasteiger charge is 2.19. The Bertz CT molecular complexity index is 792. The van der Waals surface area contributed by atoms with Crippen LogP contribution in [0.5, 0.6) is 0 Å². The minimum absolute atomic E-state index is 0.356. The Kier molecular flexibility index (Phi) is 7.00. The Balaban J connectivity index is 1.79. The molecule has 2 aromatic carbocycles. The normalized spacial score (nSPS) is 11.3. The largest absolute Gasteiger partial charge is 0.454 e. The predicted octanol–water partition coefficient (Wildman–Crippen LogP) is 3.29. The number of ether oxygens (including phenoxy) is 1. The molecule has 0 aliphatic carbocycles. The lowest BCUT2D eigenvalue weighted by molar-refractivity contribution is -0.148. The monoisotopic (exact) mass is 394 g/mol. The van der Waals surface area contributed by atoms with Crippen molar-refractivity contribution in [1.82, 2.24) is 5.32 Å². The Morgan fingerprint density at radius 2 is 1.50 bits per heavy atom. The molecule has 0 bridgehead atoms. The molecule has 0 aliphatic heterocycles. The maximum Gasteiger partial charge on any atom is 0.328 e. The molecule has 0 radical (unpaired) electrons. The summed E-state index contributed by atoms with van der Waals surface area (Å²) in [5.74, 6) is -1.67. The molecule has 2 amide bonds. The molecular weight excluding hydrogens is 379 g/mol. The van der Waals surface area contributed by atoms with Crippen LogP contribution in [0.3, 0.4) is 0 Å². The van der Waals surface area contributed by atoms with Crippen molar-refractivity contribution in [2.24, 2.45) is 0 Å². The first kappa shape index (κ1) is 19.8. The molecule has 0 aliphatic rings. The van der Waals surface area contributed by atoms with Crippen molar-refractivity contribution < 1.29 is 19.1 Å². The van der Waals surface area contributed by atoms with Gasteiger partial charge in [-0.05, 0) is 55.5 Å². The number of esters is 1. The second-order valence-electron chi connectivity index (χ2n) is 5.36. The highest BCUT2D eigenvalue weighted by atomic mass is 35.5. The number of carbonyl (C=O) groups excluding carboxylic acids is 3. The van der Waals surface area contributed by atoms with Crippen LogP contribution in [-0.4, -0.2) is 30.4 Å². The fraction of sp³-hybridized carbons (Fsp3) is 0.167. The maximum atomic E-state index is 12.0. The van der Waals surface area contributed by atoms with Gasteiger partial charge in [-0.3, -0.25) is 9.59 Å². The van der Waals surface area contributed by atoms with Gasteiger partial charge >= 0.3 is 5.97 Å². The summed E-state index contributed by atoms with van der Waals surface area (Å²) in [4.78, 5) is 35.7. The number of hydrogen-bond donors (Lipinski definition) is 2. The van der Waals surface area contributed by atoms with Gasteiger partial charge in [0.15, 0.2) is 6.61 Å². The molecule has 6 nitrogen and oxygen atoms in total. The Hall–Kier alpha value is -2.57. The molecule has 0 fully saturated rings. The first-order chi connectivity index (χ1) is 12.3. The van der Waals surface area contributed by atoms with E-state index >= 15 is 0 Å². The van der Waals surface area contributed by atoms with E-state index in [2.05, 4.69) is 10.6 Å². The van der Waals surface area contributed by atoms with Crippen molar-refractivity contribution in [2.75, 3.05) is 11.9 Å². The smallest absolute Gasteiger partial charge is 0.328 e. The van der Waals surface area contributed by atoms with Crippen molar-refractivity contribution in [1.29, 1.82) is 0 Å². The number of anilines is 1. The molecule has 0 heterocycles. The molecule has 0 unspecified atom stereocenters. The second kappa shape index (κ2) is 9.22. The Morgan fingerprint density at radius 1 is 0.962 bits per heavy atom. The molecule has 136 valence electrons. The van der Waals surface area contributed by atoms with Crippen LogP contribution in [0, 0.1) is 0 Å². The van der Waals surface area contributed by atoms with E-state index in [4.69, 9.17) is 27.9 Å². The van der Waals surface area contributed by atoms with Crippen molar-refractivity contribution in [3.05, 3.63) is 64.1 Å². The van der Waals surface area contributed by atoms with Gasteiger partial charge < -0.3 is 15.4 Å². The van der Waals surface area contributed by atoms with Gasteiger partial charge in [0, 0.05) is 21.3 Å². The van der Waals surface area contributed by atoms with Gasteiger partial charge in [-0.2, -0.15) is 0 Å². The number of benzene rings is 2. The standard InChI is InChI=1S/C18H16Cl2N2O4/c1-11(21-17(24)12-2-4-13(19)5-3-12)18(25)26-10-16(23)22-15-8-6-14(20)7-9-15/h2-9,11H,10H2,1H3,(H,21,24)(H,22,23)/t11-/m0/s1. The lowest BCUT2D eigenvalue weighted by Gasteiger charge is -2.13. The Labute approximate surface area is 160 Å². The van der Waals surface area contributed by atoms with Crippen LogP contribution in [0.25, 0.3) is 0 Å². The lowest BCUT2D eigenvalue weighted by Crippen LogP contribution is -2.40. The summed E-state index contributed by atoms with van der Waals surface area (Å²) in [6.07, 6.45) is 0. The molecule has 0 saturated carbocycles. The van der Waals surface area contributed by atoms with Crippen molar-refractivity contribution >= 4 is 46.7 Å². The third kappa shape index (κ3) is 6.06. The SMILES string of the molecule is C[C@H](NC(=O)c1ccc(Cl)cc1)C(=O)OCC(=O)Nc1ccc(Cl)cc1. The van der Waals surface area contributed by atoms with Crippen LogP contribution in [-0.2, 0) is 14.3 Å². The number of amides is 2. The Morgan fingerprint density at radius 3 is 2.08 bits per heavy atom. The first-order valence-electron chi connectivity index (χ1n) is 7.63. The predicted molar refractivity (Wildman–Crippen MR) is 99.4 cm³/mol. The molecule has 2 aromatic rings. The molecule has 8 heteroatoms. The van der Waals surface area contributed by atoms with E-state index in [9.17, 15) is 14.4 Å². The maximum absolute atomic E-state index is 12.0.